The van der Waals surface area contributed by atoms with Gasteiger partial charge in [-0.05, 0) is 34.3 Å². The number of nitrogens with one attached hydrogen (secondary N) is 1. The Hall–Kier alpha value is -0.810. The molecule has 0 aliphatic carbocycles. The lowest BCUT2D eigenvalue weighted by Gasteiger charge is -2.34. The zero-order valence-electron chi connectivity index (χ0n) is 9.11. The number of hydrogen-bond acceptors (Lipinski definition) is 2. The van der Waals surface area contributed by atoms with Crippen molar-refractivity contribution < 1.29 is 9.90 Å². The lowest BCUT2D eigenvalue weighted by atomic mass is 9.96. The van der Waals surface area contributed by atoms with Crippen LogP contribution < -0.4 is 0 Å². The van der Waals surface area contributed by atoms with Gasteiger partial charge in [0.25, 0.3) is 5.91 Å². The third kappa shape index (κ3) is 2.30. The Labute approximate surface area is 103 Å². The number of carbonyl (C=O) groups excluding carboxylic acids is 1. The molecule has 5 heteroatoms. The molecule has 2 rings (SSSR count). The van der Waals surface area contributed by atoms with Gasteiger partial charge in [-0.2, -0.15) is 0 Å². The predicted molar refractivity (Wildman–Crippen MR) is 64.2 cm³/mol. The molecule has 4 nitrogen and oxygen atoms in total. The number of amides is 1. The number of β-amino-alcohol motifs (C(OH)–C–C–N with tert-alkyl or cyclic N) is 1. The highest BCUT2D eigenvalue weighted by Gasteiger charge is 2.28. The average molecular weight is 287 g/mol. The van der Waals surface area contributed by atoms with Crippen molar-refractivity contribution in [3.63, 3.8) is 0 Å². The topological polar surface area (TPSA) is 56.3 Å². The minimum atomic E-state index is -0.406. The average Bonchev–Trinajstić information content (AvgIpc) is 2.68. The molecule has 16 heavy (non-hydrogen) atoms. The molecule has 1 aromatic rings. The molecular formula is C11H15BrN2O2. The second kappa shape index (κ2) is 4.59. The van der Waals surface area contributed by atoms with Crippen molar-refractivity contribution in [2.24, 2.45) is 5.92 Å². The molecule has 1 fully saturated rings. The molecule has 2 atom stereocenters. The van der Waals surface area contributed by atoms with Gasteiger partial charge in [0.1, 0.15) is 5.69 Å². The van der Waals surface area contributed by atoms with E-state index in [2.05, 4.69) is 20.9 Å². The van der Waals surface area contributed by atoms with Crippen LogP contribution >= 0.6 is 15.9 Å². The van der Waals surface area contributed by atoms with E-state index < -0.39 is 6.10 Å². The molecule has 0 bridgehead atoms. The fraction of sp³-hybridized carbons (Fsp3) is 0.545. The quantitative estimate of drug-likeness (QED) is 0.824. The second-order valence-corrected chi connectivity index (χ2v) is 5.23. The van der Waals surface area contributed by atoms with Crippen molar-refractivity contribution in [1.82, 2.24) is 9.88 Å². The van der Waals surface area contributed by atoms with Crippen LogP contribution in [0.5, 0.6) is 0 Å². The van der Waals surface area contributed by atoms with Gasteiger partial charge in [0.2, 0.25) is 0 Å². The maximum atomic E-state index is 12.0. The number of piperidine rings is 1. The van der Waals surface area contributed by atoms with Crippen LogP contribution in [0.2, 0.25) is 0 Å². The summed E-state index contributed by atoms with van der Waals surface area (Å²) in [7, 11) is 0. The van der Waals surface area contributed by atoms with E-state index in [-0.39, 0.29) is 11.8 Å². The van der Waals surface area contributed by atoms with E-state index in [0.717, 1.165) is 10.9 Å². The van der Waals surface area contributed by atoms with E-state index in [1.165, 1.54) is 0 Å². The van der Waals surface area contributed by atoms with Gasteiger partial charge < -0.3 is 15.0 Å². The standard InChI is InChI=1S/C11H15BrN2O2/c1-7-2-3-14(6-10(7)15)11(16)9-4-8(12)5-13-9/h4-5,7,10,13,15H,2-3,6H2,1H3. The number of hydrogen-bond donors (Lipinski definition) is 2. The van der Waals surface area contributed by atoms with Gasteiger partial charge in [-0.25, -0.2) is 0 Å². The minimum absolute atomic E-state index is 0.0448. The van der Waals surface area contributed by atoms with E-state index in [0.29, 0.717) is 18.8 Å². The van der Waals surface area contributed by atoms with E-state index in [4.69, 9.17) is 0 Å². The van der Waals surface area contributed by atoms with Crippen molar-refractivity contribution in [3.05, 3.63) is 22.4 Å². The molecule has 2 heterocycles. The Kier molecular flexibility index (Phi) is 3.35. The fourth-order valence-electron chi connectivity index (χ4n) is 1.90. The number of rotatable bonds is 1. The molecule has 0 aromatic carbocycles. The first kappa shape index (κ1) is 11.7. The molecule has 1 aliphatic rings. The van der Waals surface area contributed by atoms with Crippen LogP contribution in [0.1, 0.15) is 23.8 Å². The van der Waals surface area contributed by atoms with E-state index in [9.17, 15) is 9.90 Å². The van der Waals surface area contributed by atoms with Crippen molar-refractivity contribution in [3.8, 4) is 0 Å². The molecule has 0 saturated carbocycles. The maximum absolute atomic E-state index is 12.0. The Balaban J connectivity index is 2.06. The largest absolute Gasteiger partial charge is 0.391 e. The van der Waals surface area contributed by atoms with Gasteiger partial charge in [-0.3, -0.25) is 4.79 Å². The number of H-pyrrole nitrogens is 1. The number of aliphatic hydroxyl groups is 1. The molecule has 1 amide bonds. The normalized spacial score (nSPS) is 25.8. The maximum Gasteiger partial charge on any atom is 0.270 e. The van der Waals surface area contributed by atoms with Crippen LogP contribution in [0.25, 0.3) is 0 Å². The first-order valence-electron chi connectivity index (χ1n) is 5.39. The molecule has 2 unspecified atom stereocenters. The van der Waals surface area contributed by atoms with Crippen molar-refractivity contribution >= 4 is 21.8 Å². The monoisotopic (exact) mass is 286 g/mol. The zero-order chi connectivity index (χ0) is 11.7. The smallest absolute Gasteiger partial charge is 0.270 e. The van der Waals surface area contributed by atoms with Gasteiger partial charge in [0.15, 0.2) is 0 Å². The summed E-state index contributed by atoms with van der Waals surface area (Å²) >= 11 is 3.29. The number of aliphatic hydroxyl groups excluding tert-OH is 1. The summed E-state index contributed by atoms with van der Waals surface area (Å²) in [6.45, 7) is 3.15. The molecule has 1 aromatic heterocycles. The molecule has 1 aliphatic heterocycles. The minimum Gasteiger partial charge on any atom is -0.391 e. The Morgan fingerprint density at radius 1 is 1.69 bits per heavy atom. The number of carbonyl (C=O) groups is 1. The molecule has 88 valence electrons. The fourth-order valence-corrected chi connectivity index (χ4v) is 2.24. The number of halogens is 1. The third-order valence-electron chi connectivity index (χ3n) is 3.08. The van der Waals surface area contributed by atoms with Gasteiger partial charge in [-0.15, -0.1) is 0 Å². The summed E-state index contributed by atoms with van der Waals surface area (Å²) in [4.78, 5) is 16.6. The van der Waals surface area contributed by atoms with Crippen LogP contribution in [0.4, 0.5) is 0 Å². The lowest BCUT2D eigenvalue weighted by molar-refractivity contribution is 0.0245. The van der Waals surface area contributed by atoms with Crippen molar-refractivity contribution in [2.75, 3.05) is 13.1 Å². The van der Waals surface area contributed by atoms with Crippen LogP contribution in [0.15, 0.2) is 16.7 Å². The number of aromatic amines is 1. The summed E-state index contributed by atoms with van der Waals surface area (Å²) in [6.07, 6.45) is 2.18. The Morgan fingerprint density at radius 2 is 2.44 bits per heavy atom. The highest BCUT2D eigenvalue weighted by molar-refractivity contribution is 9.10. The summed E-state index contributed by atoms with van der Waals surface area (Å²) in [5.74, 6) is 0.232. The van der Waals surface area contributed by atoms with Gasteiger partial charge in [-0.1, -0.05) is 6.92 Å². The summed E-state index contributed by atoms with van der Waals surface area (Å²) in [5.41, 5.74) is 0.564. The van der Waals surface area contributed by atoms with Crippen LogP contribution in [0.3, 0.4) is 0 Å². The first-order valence-corrected chi connectivity index (χ1v) is 6.18. The number of nitrogens with zero attached hydrogens (tertiary/aromatic N) is 1. The highest BCUT2D eigenvalue weighted by atomic mass is 79.9. The molecule has 0 radical (unpaired) electrons. The Morgan fingerprint density at radius 3 is 3.00 bits per heavy atom. The third-order valence-corrected chi connectivity index (χ3v) is 3.54. The van der Waals surface area contributed by atoms with Gasteiger partial charge in [0.05, 0.1) is 6.10 Å². The van der Waals surface area contributed by atoms with E-state index >= 15 is 0 Å². The van der Waals surface area contributed by atoms with E-state index in [1.54, 1.807) is 17.2 Å². The predicted octanol–water partition coefficient (Wildman–Crippen LogP) is 1.62. The molecular weight excluding hydrogens is 272 g/mol. The van der Waals surface area contributed by atoms with Crippen molar-refractivity contribution in [2.45, 2.75) is 19.4 Å². The van der Waals surface area contributed by atoms with E-state index in [1.807, 2.05) is 6.92 Å². The first-order chi connectivity index (χ1) is 7.58. The summed E-state index contributed by atoms with van der Waals surface area (Å²) < 4.78 is 0.863. The lowest BCUT2D eigenvalue weighted by Crippen LogP contribution is -2.45. The van der Waals surface area contributed by atoms with Crippen LogP contribution in [-0.2, 0) is 0 Å². The second-order valence-electron chi connectivity index (χ2n) is 4.32. The SMILES string of the molecule is CC1CCN(C(=O)c2cc(Br)c[nH]2)CC1O. The highest BCUT2D eigenvalue weighted by Crippen LogP contribution is 2.19. The van der Waals surface area contributed by atoms with Crippen LogP contribution in [-0.4, -0.2) is 40.1 Å². The molecule has 2 N–H and O–H groups in total. The van der Waals surface area contributed by atoms with Gasteiger partial charge in [0, 0.05) is 23.8 Å². The van der Waals surface area contributed by atoms with Crippen LogP contribution in [0, 0.1) is 5.92 Å². The molecule has 0 spiro atoms. The zero-order valence-corrected chi connectivity index (χ0v) is 10.7. The Bertz CT molecular complexity index is 391. The van der Waals surface area contributed by atoms with Crippen molar-refractivity contribution in [1.29, 1.82) is 0 Å². The number of likely N-dealkylation sites (tertiary alicyclic amines) is 1. The molecule has 1 saturated heterocycles. The number of aromatic nitrogens is 1. The van der Waals surface area contributed by atoms with Gasteiger partial charge >= 0.3 is 0 Å². The summed E-state index contributed by atoms with van der Waals surface area (Å²) in [6, 6.07) is 1.76. The summed E-state index contributed by atoms with van der Waals surface area (Å²) in [5, 5.41) is 9.74.